The number of methoxy groups -OCH3 is 1. The molecule has 4 nitrogen and oxygen atoms in total. The lowest BCUT2D eigenvalue weighted by molar-refractivity contribution is 0.169. The van der Waals surface area contributed by atoms with Gasteiger partial charge in [-0.2, -0.15) is 0 Å². The van der Waals surface area contributed by atoms with E-state index in [-0.39, 0.29) is 0 Å². The average Bonchev–Trinajstić information content (AvgIpc) is 2.53. The number of hydrogen-bond donors (Lipinski definition) is 1. The highest BCUT2D eigenvalue weighted by atomic mass is 35.5. The first-order valence-electron chi connectivity index (χ1n) is 6.60. The number of fused-ring (bicyclic) bond motifs is 1. The van der Waals surface area contributed by atoms with Crippen molar-refractivity contribution in [2.45, 2.75) is 6.10 Å². The maximum absolute atomic E-state index is 10.5. The maximum atomic E-state index is 10.5. The number of rotatable bonds is 3. The molecule has 1 unspecified atom stereocenters. The molecule has 1 atom stereocenters. The summed E-state index contributed by atoms with van der Waals surface area (Å²) in [6, 6.07) is 10.6. The van der Waals surface area contributed by atoms with Gasteiger partial charge in [-0.05, 0) is 23.8 Å². The lowest BCUT2D eigenvalue weighted by Gasteiger charge is -2.21. The summed E-state index contributed by atoms with van der Waals surface area (Å²) >= 11 is 6.24. The quantitative estimate of drug-likeness (QED) is 0.946. The molecule has 3 rings (SSSR count). The highest BCUT2D eigenvalue weighted by Crippen LogP contribution is 2.39. The first-order valence-corrected chi connectivity index (χ1v) is 6.98. The molecule has 0 saturated carbocycles. The van der Waals surface area contributed by atoms with Crippen LogP contribution >= 0.6 is 11.6 Å². The Bertz CT molecular complexity index is 639. The van der Waals surface area contributed by atoms with Gasteiger partial charge in [-0.15, -0.1) is 0 Å². The molecule has 0 aromatic heterocycles. The van der Waals surface area contributed by atoms with Crippen molar-refractivity contribution in [3.05, 3.63) is 52.5 Å². The topological polar surface area (TPSA) is 47.9 Å². The number of ether oxygens (including phenoxy) is 3. The van der Waals surface area contributed by atoms with Gasteiger partial charge in [-0.25, -0.2) is 0 Å². The summed E-state index contributed by atoms with van der Waals surface area (Å²) in [5.74, 6) is 1.95. The standard InChI is InChI=1S/C16H15ClO4/c1-19-11-4-2-10(3-5-11)16(18)12-8-14-15(9-13(12)17)21-7-6-20-14/h2-5,8-9,16,18H,6-7H2,1H3. The van der Waals surface area contributed by atoms with Gasteiger partial charge in [0.15, 0.2) is 11.5 Å². The van der Waals surface area contributed by atoms with E-state index in [1.54, 1.807) is 43.5 Å². The number of benzene rings is 2. The number of hydrogen-bond acceptors (Lipinski definition) is 4. The third-order valence-electron chi connectivity index (χ3n) is 3.39. The third kappa shape index (κ3) is 2.77. The minimum atomic E-state index is -0.834. The monoisotopic (exact) mass is 306 g/mol. The van der Waals surface area contributed by atoms with Crippen LogP contribution in [0.5, 0.6) is 17.2 Å². The first kappa shape index (κ1) is 14.0. The maximum Gasteiger partial charge on any atom is 0.162 e. The van der Waals surface area contributed by atoms with E-state index < -0.39 is 6.10 Å². The van der Waals surface area contributed by atoms with Crippen molar-refractivity contribution in [3.63, 3.8) is 0 Å². The number of aliphatic hydroxyl groups is 1. The summed E-state index contributed by atoms with van der Waals surface area (Å²) in [5, 5.41) is 11.0. The van der Waals surface area contributed by atoms with Crippen molar-refractivity contribution in [2.24, 2.45) is 0 Å². The van der Waals surface area contributed by atoms with Gasteiger partial charge >= 0.3 is 0 Å². The molecule has 0 spiro atoms. The van der Waals surface area contributed by atoms with E-state index in [9.17, 15) is 5.11 Å². The Kier molecular flexibility index (Phi) is 3.90. The molecule has 0 amide bonds. The van der Waals surface area contributed by atoms with Crippen molar-refractivity contribution in [1.29, 1.82) is 0 Å². The molecule has 2 aromatic carbocycles. The average molecular weight is 307 g/mol. The van der Waals surface area contributed by atoms with Crippen LogP contribution in [0.2, 0.25) is 5.02 Å². The normalized spacial score (nSPS) is 14.6. The molecule has 1 heterocycles. The highest BCUT2D eigenvalue weighted by molar-refractivity contribution is 6.31. The van der Waals surface area contributed by atoms with Crippen LogP contribution < -0.4 is 14.2 Å². The zero-order valence-corrected chi connectivity index (χ0v) is 12.3. The van der Waals surface area contributed by atoms with Gasteiger partial charge < -0.3 is 19.3 Å². The number of aliphatic hydroxyl groups excluding tert-OH is 1. The van der Waals surface area contributed by atoms with Gasteiger partial charge in [-0.3, -0.25) is 0 Å². The van der Waals surface area contributed by atoms with E-state index in [1.165, 1.54) is 0 Å². The molecule has 0 saturated heterocycles. The molecule has 0 radical (unpaired) electrons. The second kappa shape index (κ2) is 5.84. The van der Waals surface area contributed by atoms with Gasteiger partial charge in [0.1, 0.15) is 25.1 Å². The molecule has 0 fully saturated rings. The van der Waals surface area contributed by atoms with Crippen LogP contribution in [-0.4, -0.2) is 25.4 Å². The molecule has 2 aromatic rings. The number of halogens is 1. The largest absolute Gasteiger partial charge is 0.497 e. The summed E-state index contributed by atoms with van der Waals surface area (Å²) in [6.07, 6.45) is -0.834. The van der Waals surface area contributed by atoms with Gasteiger partial charge in [0.2, 0.25) is 0 Å². The van der Waals surface area contributed by atoms with E-state index in [0.29, 0.717) is 35.3 Å². The van der Waals surface area contributed by atoms with Crippen LogP contribution in [0, 0.1) is 0 Å². The molecular weight excluding hydrogens is 292 g/mol. The lowest BCUT2D eigenvalue weighted by Crippen LogP contribution is -2.16. The summed E-state index contributed by atoms with van der Waals surface area (Å²) < 4.78 is 16.1. The van der Waals surface area contributed by atoms with Crippen molar-refractivity contribution < 1.29 is 19.3 Å². The Balaban J connectivity index is 1.94. The molecule has 0 bridgehead atoms. The zero-order valence-electron chi connectivity index (χ0n) is 11.5. The predicted octanol–water partition coefficient (Wildman–Crippen LogP) is 3.20. The van der Waals surface area contributed by atoms with Crippen molar-refractivity contribution in [2.75, 3.05) is 20.3 Å². The Morgan fingerprint density at radius 3 is 2.33 bits per heavy atom. The smallest absolute Gasteiger partial charge is 0.162 e. The molecule has 5 heteroatoms. The van der Waals surface area contributed by atoms with Crippen LogP contribution in [0.25, 0.3) is 0 Å². The van der Waals surface area contributed by atoms with E-state index in [2.05, 4.69) is 0 Å². The first-order chi connectivity index (χ1) is 10.2. The highest BCUT2D eigenvalue weighted by Gasteiger charge is 2.20. The fourth-order valence-corrected chi connectivity index (χ4v) is 2.51. The van der Waals surface area contributed by atoms with Crippen LogP contribution in [0.1, 0.15) is 17.2 Å². The molecule has 1 aliphatic rings. The minimum absolute atomic E-state index is 0.447. The van der Waals surface area contributed by atoms with Crippen LogP contribution in [0.3, 0.4) is 0 Å². The molecule has 110 valence electrons. The van der Waals surface area contributed by atoms with Crippen molar-refractivity contribution >= 4 is 11.6 Å². The fourth-order valence-electron chi connectivity index (χ4n) is 2.26. The fraction of sp³-hybridized carbons (Fsp3) is 0.250. The SMILES string of the molecule is COc1ccc(C(O)c2cc3c(cc2Cl)OCCO3)cc1. The van der Waals surface area contributed by atoms with Gasteiger partial charge in [-0.1, -0.05) is 23.7 Å². The van der Waals surface area contributed by atoms with Crippen LogP contribution in [0.4, 0.5) is 0 Å². The van der Waals surface area contributed by atoms with E-state index in [1.807, 2.05) is 0 Å². The zero-order chi connectivity index (χ0) is 14.8. The molecule has 21 heavy (non-hydrogen) atoms. The summed E-state index contributed by atoms with van der Waals surface area (Å²) in [7, 11) is 1.60. The third-order valence-corrected chi connectivity index (χ3v) is 3.71. The Hall–Kier alpha value is -1.91. The lowest BCUT2D eigenvalue weighted by atomic mass is 10.0. The molecular formula is C16H15ClO4. The molecule has 1 N–H and O–H groups in total. The molecule has 0 aliphatic carbocycles. The predicted molar refractivity (Wildman–Crippen MR) is 79.5 cm³/mol. The summed E-state index contributed by atoms with van der Waals surface area (Å²) in [4.78, 5) is 0. The summed E-state index contributed by atoms with van der Waals surface area (Å²) in [5.41, 5.74) is 1.32. The van der Waals surface area contributed by atoms with Crippen LogP contribution in [0.15, 0.2) is 36.4 Å². The Morgan fingerprint density at radius 1 is 1.10 bits per heavy atom. The Morgan fingerprint density at radius 2 is 1.71 bits per heavy atom. The molecule has 1 aliphatic heterocycles. The summed E-state index contributed by atoms with van der Waals surface area (Å²) in [6.45, 7) is 0.996. The van der Waals surface area contributed by atoms with Crippen LogP contribution in [-0.2, 0) is 0 Å². The van der Waals surface area contributed by atoms with Crippen molar-refractivity contribution in [3.8, 4) is 17.2 Å². The van der Waals surface area contributed by atoms with Gasteiger partial charge in [0.25, 0.3) is 0 Å². The van der Waals surface area contributed by atoms with E-state index >= 15 is 0 Å². The van der Waals surface area contributed by atoms with Gasteiger partial charge in [0, 0.05) is 11.6 Å². The van der Waals surface area contributed by atoms with E-state index in [4.69, 9.17) is 25.8 Å². The van der Waals surface area contributed by atoms with Crippen molar-refractivity contribution in [1.82, 2.24) is 0 Å². The Labute approximate surface area is 127 Å². The second-order valence-corrected chi connectivity index (χ2v) is 5.10. The van der Waals surface area contributed by atoms with Gasteiger partial charge in [0.05, 0.1) is 12.1 Å². The minimum Gasteiger partial charge on any atom is -0.497 e. The second-order valence-electron chi connectivity index (χ2n) is 4.69. The van der Waals surface area contributed by atoms with E-state index in [0.717, 1.165) is 11.3 Å².